The van der Waals surface area contributed by atoms with Crippen molar-refractivity contribution in [3.8, 4) is 0 Å². The van der Waals surface area contributed by atoms with Gasteiger partial charge in [-0.3, -0.25) is 4.79 Å². The van der Waals surface area contributed by atoms with Gasteiger partial charge in [0.05, 0.1) is 16.6 Å². The summed E-state index contributed by atoms with van der Waals surface area (Å²) in [6.45, 7) is 16.0. The van der Waals surface area contributed by atoms with E-state index in [2.05, 4.69) is 49.8 Å². The maximum absolute atomic E-state index is 12.7. The SMILES string of the molecule is CCC1(C(=O)NC(C)C)CCN(c2ccc(B3OC(C)(C)C(C)(C)O3)cn2)CC1. The first-order valence-corrected chi connectivity index (χ1v) is 10.9. The van der Waals surface area contributed by atoms with Gasteiger partial charge in [-0.1, -0.05) is 13.0 Å². The second-order valence-electron chi connectivity index (χ2n) is 9.79. The van der Waals surface area contributed by atoms with Gasteiger partial charge in [0, 0.05) is 30.8 Å². The highest BCUT2D eigenvalue weighted by Crippen LogP contribution is 2.37. The predicted octanol–water partition coefficient (Wildman–Crippen LogP) is 2.90. The van der Waals surface area contributed by atoms with Crippen molar-refractivity contribution in [2.24, 2.45) is 5.41 Å². The zero-order valence-electron chi connectivity index (χ0n) is 19.0. The summed E-state index contributed by atoms with van der Waals surface area (Å²) in [4.78, 5) is 19.7. The van der Waals surface area contributed by atoms with Crippen LogP contribution in [-0.2, 0) is 14.1 Å². The molecule has 0 unspecified atom stereocenters. The second-order valence-corrected chi connectivity index (χ2v) is 9.79. The van der Waals surface area contributed by atoms with Crippen molar-refractivity contribution in [3.05, 3.63) is 18.3 Å². The maximum Gasteiger partial charge on any atom is 0.496 e. The number of aromatic nitrogens is 1. The summed E-state index contributed by atoms with van der Waals surface area (Å²) in [5.74, 6) is 1.14. The van der Waals surface area contributed by atoms with Gasteiger partial charge >= 0.3 is 7.12 Å². The smallest absolute Gasteiger partial charge is 0.399 e. The molecular formula is C22H36BN3O3. The molecule has 6 nitrogen and oxygen atoms in total. The third-order valence-corrected chi connectivity index (χ3v) is 6.92. The molecule has 0 bridgehead atoms. The lowest BCUT2D eigenvalue weighted by atomic mass is 9.75. The van der Waals surface area contributed by atoms with Gasteiger partial charge in [-0.05, 0) is 66.9 Å². The Balaban J connectivity index is 1.64. The molecule has 0 saturated carbocycles. The molecule has 0 aliphatic carbocycles. The molecule has 2 fully saturated rings. The van der Waals surface area contributed by atoms with Gasteiger partial charge in [0.25, 0.3) is 0 Å². The van der Waals surface area contributed by atoms with Gasteiger partial charge in [0.15, 0.2) is 0 Å². The fourth-order valence-corrected chi connectivity index (χ4v) is 4.02. The first-order chi connectivity index (χ1) is 13.5. The van der Waals surface area contributed by atoms with Crippen molar-refractivity contribution < 1.29 is 14.1 Å². The molecule has 1 aromatic rings. The Bertz CT molecular complexity index is 709. The minimum Gasteiger partial charge on any atom is -0.399 e. The quantitative estimate of drug-likeness (QED) is 0.769. The van der Waals surface area contributed by atoms with Crippen LogP contribution in [0.15, 0.2) is 18.3 Å². The van der Waals surface area contributed by atoms with Crippen LogP contribution < -0.4 is 15.7 Å². The number of nitrogens with one attached hydrogen (secondary N) is 1. The Morgan fingerprint density at radius 1 is 1.17 bits per heavy atom. The van der Waals surface area contributed by atoms with E-state index in [0.29, 0.717) is 0 Å². The van der Waals surface area contributed by atoms with Crippen molar-refractivity contribution in [1.82, 2.24) is 10.3 Å². The lowest BCUT2D eigenvalue weighted by molar-refractivity contribution is -0.133. The largest absolute Gasteiger partial charge is 0.496 e. The molecule has 3 rings (SSSR count). The van der Waals surface area contributed by atoms with Crippen LogP contribution >= 0.6 is 0 Å². The standard InChI is InChI=1S/C22H36BN3O3/c1-8-22(19(27)25-16(2)3)11-13-26(14-12-22)18-10-9-17(15-24-18)23-28-20(4,5)21(6,7)29-23/h9-10,15-16H,8,11-14H2,1-7H3,(H,25,27). The minimum atomic E-state index is -0.393. The van der Waals surface area contributed by atoms with Crippen LogP contribution in [0.4, 0.5) is 5.82 Å². The highest BCUT2D eigenvalue weighted by Gasteiger charge is 2.51. The molecule has 3 heterocycles. The summed E-state index contributed by atoms with van der Waals surface area (Å²) in [7, 11) is -0.393. The van der Waals surface area contributed by atoms with E-state index in [1.165, 1.54) is 0 Å². The molecule has 160 valence electrons. The molecule has 1 amide bonds. The van der Waals surface area contributed by atoms with Gasteiger partial charge < -0.3 is 19.5 Å². The van der Waals surface area contributed by atoms with Gasteiger partial charge in [-0.25, -0.2) is 4.98 Å². The van der Waals surface area contributed by atoms with Crippen molar-refractivity contribution in [2.75, 3.05) is 18.0 Å². The molecule has 1 aromatic heterocycles. The normalized spacial score (nSPS) is 22.8. The molecule has 0 spiro atoms. The van der Waals surface area contributed by atoms with Crippen LogP contribution in [0.2, 0.25) is 0 Å². The highest BCUT2D eigenvalue weighted by molar-refractivity contribution is 6.62. The number of anilines is 1. The van der Waals surface area contributed by atoms with Crippen LogP contribution in [0, 0.1) is 5.41 Å². The Kier molecular flexibility index (Phi) is 6.03. The number of hydrogen-bond donors (Lipinski definition) is 1. The van der Waals surface area contributed by atoms with E-state index < -0.39 is 7.12 Å². The van der Waals surface area contributed by atoms with Crippen LogP contribution in [0.25, 0.3) is 0 Å². The number of piperidine rings is 1. The lowest BCUT2D eigenvalue weighted by Crippen LogP contribution is -2.50. The molecule has 2 aliphatic heterocycles. The lowest BCUT2D eigenvalue weighted by Gasteiger charge is -2.41. The van der Waals surface area contributed by atoms with Gasteiger partial charge in [-0.2, -0.15) is 0 Å². The van der Waals surface area contributed by atoms with Crippen molar-refractivity contribution in [2.45, 2.75) is 85.0 Å². The van der Waals surface area contributed by atoms with Crippen molar-refractivity contribution in [3.63, 3.8) is 0 Å². The average Bonchev–Trinajstić information content (AvgIpc) is 2.89. The summed E-state index contributed by atoms with van der Waals surface area (Å²) in [5.41, 5.74) is -0.0424. The number of hydrogen-bond acceptors (Lipinski definition) is 5. The van der Waals surface area contributed by atoms with E-state index in [9.17, 15) is 4.79 Å². The summed E-state index contributed by atoms with van der Waals surface area (Å²) in [6, 6.07) is 4.25. The molecule has 0 atom stereocenters. The van der Waals surface area contributed by atoms with E-state index >= 15 is 0 Å². The van der Waals surface area contributed by atoms with Gasteiger partial charge in [0.1, 0.15) is 5.82 Å². The van der Waals surface area contributed by atoms with Crippen LogP contribution in [0.5, 0.6) is 0 Å². The predicted molar refractivity (Wildman–Crippen MR) is 117 cm³/mol. The van der Waals surface area contributed by atoms with Crippen molar-refractivity contribution in [1.29, 1.82) is 0 Å². The van der Waals surface area contributed by atoms with Crippen LogP contribution in [-0.4, -0.2) is 48.3 Å². The maximum atomic E-state index is 12.7. The van der Waals surface area contributed by atoms with E-state index in [-0.39, 0.29) is 28.6 Å². The van der Waals surface area contributed by atoms with Gasteiger partial charge in [-0.15, -0.1) is 0 Å². The molecule has 2 aliphatic rings. The van der Waals surface area contributed by atoms with E-state index in [0.717, 1.165) is 43.6 Å². The first kappa shape index (κ1) is 22.1. The van der Waals surface area contributed by atoms with Gasteiger partial charge in [0.2, 0.25) is 5.91 Å². The zero-order chi connectivity index (χ0) is 21.4. The van der Waals surface area contributed by atoms with E-state index in [4.69, 9.17) is 9.31 Å². The van der Waals surface area contributed by atoms with Crippen LogP contribution in [0.1, 0.15) is 67.7 Å². The van der Waals surface area contributed by atoms with E-state index in [1.807, 2.05) is 32.2 Å². The topological polar surface area (TPSA) is 63.7 Å². The first-order valence-electron chi connectivity index (χ1n) is 10.9. The second kappa shape index (κ2) is 7.91. The van der Waals surface area contributed by atoms with E-state index in [1.54, 1.807) is 0 Å². The number of carbonyl (C=O) groups excluding carboxylic acids is 1. The molecule has 0 radical (unpaired) electrons. The number of amides is 1. The summed E-state index contributed by atoms with van der Waals surface area (Å²) in [5, 5.41) is 3.11. The third kappa shape index (κ3) is 4.31. The Morgan fingerprint density at radius 2 is 1.76 bits per heavy atom. The molecule has 2 saturated heterocycles. The fraction of sp³-hybridized carbons (Fsp3) is 0.727. The number of nitrogens with zero attached hydrogens (tertiary/aromatic N) is 2. The molecule has 0 aromatic carbocycles. The Morgan fingerprint density at radius 3 is 2.21 bits per heavy atom. The average molecular weight is 401 g/mol. The van der Waals surface area contributed by atoms with Crippen LogP contribution in [0.3, 0.4) is 0 Å². The highest BCUT2D eigenvalue weighted by atomic mass is 16.7. The molecule has 7 heteroatoms. The Labute approximate surface area is 175 Å². The summed E-state index contributed by atoms with van der Waals surface area (Å²) in [6.07, 6.45) is 4.42. The molecule has 1 N–H and O–H groups in total. The number of pyridine rings is 1. The minimum absolute atomic E-state index is 0.174. The summed E-state index contributed by atoms with van der Waals surface area (Å²) < 4.78 is 12.2. The third-order valence-electron chi connectivity index (χ3n) is 6.92. The number of rotatable bonds is 5. The Hall–Kier alpha value is -1.60. The van der Waals surface area contributed by atoms with Crippen molar-refractivity contribution >= 4 is 24.3 Å². The molecule has 29 heavy (non-hydrogen) atoms. The summed E-state index contributed by atoms with van der Waals surface area (Å²) >= 11 is 0. The molecular weight excluding hydrogens is 365 g/mol. The zero-order valence-corrected chi connectivity index (χ0v) is 19.0. The number of carbonyl (C=O) groups is 1. The fourth-order valence-electron chi connectivity index (χ4n) is 4.02. The monoisotopic (exact) mass is 401 g/mol.